The summed E-state index contributed by atoms with van der Waals surface area (Å²) < 4.78 is 2.02. The first-order valence-corrected chi connectivity index (χ1v) is 7.23. The van der Waals surface area contributed by atoms with Crippen molar-refractivity contribution in [2.75, 3.05) is 11.1 Å². The van der Waals surface area contributed by atoms with Crippen LogP contribution in [0.1, 0.15) is 0 Å². The van der Waals surface area contributed by atoms with Crippen LogP contribution in [0.25, 0.3) is 16.7 Å². The molecule has 0 bridgehead atoms. The van der Waals surface area contributed by atoms with Gasteiger partial charge in [0.15, 0.2) is 5.82 Å². The Bertz CT molecular complexity index is 945. The maximum Gasteiger partial charge on any atom is 0.151 e. The van der Waals surface area contributed by atoms with Crippen LogP contribution in [0.5, 0.6) is 0 Å². The number of aromatic nitrogens is 3. The number of para-hydroxylation sites is 1. The van der Waals surface area contributed by atoms with Gasteiger partial charge in [0.1, 0.15) is 17.7 Å². The smallest absolute Gasteiger partial charge is 0.151 e. The van der Waals surface area contributed by atoms with E-state index in [0.717, 1.165) is 28.2 Å². The molecular weight excluding hydrogens is 286 g/mol. The van der Waals surface area contributed by atoms with Gasteiger partial charge in [0, 0.05) is 17.4 Å². The largest absolute Gasteiger partial charge is 0.382 e. The van der Waals surface area contributed by atoms with E-state index in [2.05, 4.69) is 21.4 Å². The highest BCUT2D eigenvalue weighted by molar-refractivity contribution is 5.91. The Balaban J connectivity index is 1.95. The molecule has 0 spiro atoms. The molecule has 0 aliphatic rings. The van der Waals surface area contributed by atoms with Crippen LogP contribution in [-0.4, -0.2) is 14.5 Å². The average molecular weight is 300 g/mol. The highest BCUT2D eigenvalue weighted by atomic mass is 15.1. The summed E-state index contributed by atoms with van der Waals surface area (Å²) in [6.07, 6.45) is 1.48. The summed E-state index contributed by atoms with van der Waals surface area (Å²) in [5, 5.41) is 3.42. The second-order valence-electron chi connectivity index (χ2n) is 5.11. The van der Waals surface area contributed by atoms with Gasteiger partial charge in [0.2, 0.25) is 0 Å². The topological polar surface area (TPSA) is 68.8 Å². The molecule has 23 heavy (non-hydrogen) atoms. The summed E-state index contributed by atoms with van der Waals surface area (Å²) in [5.41, 5.74) is 9.64. The van der Waals surface area contributed by atoms with Crippen molar-refractivity contribution in [1.82, 2.24) is 14.5 Å². The number of fused-ring (bicyclic) bond motifs is 1. The third-order valence-electron chi connectivity index (χ3n) is 3.62. The number of nitrogens with two attached hydrogens (primary N) is 1. The Morgan fingerprint density at radius 3 is 2.57 bits per heavy atom. The molecule has 0 saturated heterocycles. The molecule has 0 aliphatic heterocycles. The van der Waals surface area contributed by atoms with Crippen LogP contribution in [0.15, 0.2) is 67.0 Å². The Hall–Kier alpha value is -3.34. The summed E-state index contributed by atoms with van der Waals surface area (Å²) in [6.45, 7) is 0. The van der Waals surface area contributed by atoms with Gasteiger partial charge in [-0.2, -0.15) is 0 Å². The highest BCUT2D eigenvalue weighted by Crippen LogP contribution is 2.31. The number of nitrogen functional groups attached to an aromatic ring is 1. The Morgan fingerprint density at radius 2 is 1.78 bits per heavy atom. The normalized spacial score (nSPS) is 10.8. The van der Waals surface area contributed by atoms with Crippen LogP contribution in [0.3, 0.4) is 0 Å². The average Bonchev–Trinajstić information content (AvgIpc) is 2.96. The number of hydrogen-bond donors (Lipinski definition) is 2. The van der Waals surface area contributed by atoms with Crippen molar-refractivity contribution in [2.24, 2.45) is 0 Å². The highest BCUT2D eigenvalue weighted by Gasteiger charge is 2.14. The fourth-order valence-corrected chi connectivity index (χ4v) is 2.61. The van der Waals surface area contributed by atoms with Crippen LogP contribution < -0.4 is 11.1 Å². The van der Waals surface area contributed by atoms with Gasteiger partial charge in [0.25, 0.3) is 0 Å². The summed E-state index contributed by atoms with van der Waals surface area (Å²) in [6, 6.07) is 22.7. The molecule has 5 nitrogen and oxygen atoms in total. The molecule has 4 aromatic rings. The molecule has 0 saturated carbocycles. The molecule has 2 aromatic heterocycles. The molecule has 4 rings (SSSR count). The molecule has 0 unspecified atom stereocenters. The van der Waals surface area contributed by atoms with Gasteiger partial charge in [-0.15, -0.1) is 0 Å². The minimum atomic E-state index is 0.448. The molecule has 111 valence electrons. The molecule has 0 fully saturated rings. The predicted octanol–water partition coefficient (Wildman–Crippen LogP) is 3.55. The first-order chi connectivity index (χ1) is 11.3. The van der Waals surface area contributed by atoms with E-state index < -0.39 is 0 Å². The van der Waals surface area contributed by atoms with Gasteiger partial charge >= 0.3 is 0 Å². The Morgan fingerprint density at radius 1 is 1.00 bits per heavy atom. The minimum Gasteiger partial charge on any atom is -0.382 e. The first-order valence-electron chi connectivity index (χ1n) is 7.23. The van der Waals surface area contributed by atoms with E-state index in [9.17, 15) is 0 Å². The van der Waals surface area contributed by atoms with Gasteiger partial charge < -0.3 is 11.1 Å². The van der Waals surface area contributed by atoms with E-state index in [4.69, 9.17) is 5.73 Å². The third kappa shape index (κ3) is 2.38. The second kappa shape index (κ2) is 5.46. The summed E-state index contributed by atoms with van der Waals surface area (Å²) in [7, 11) is 0. The van der Waals surface area contributed by atoms with Crippen molar-refractivity contribution in [3.63, 3.8) is 0 Å². The lowest BCUT2D eigenvalue weighted by Crippen LogP contribution is -2.03. The van der Waals surface area contributed by atoms with Crippen LogP contribution in [-0.2, 0) is 0 Å². The molecule has 2 aromatic carbocycles. The Kier molecular flexibility index (Phi) is 3.16. The fraction of sp³-hybridized carbons (Fsp3) is 0. The van der Waals surface area contributed by atoms with Gasteiger partial charge in [-0.25, -0.2) is 9.97 Å². The van der Waals surface area contributed by atoms with E-state index in [1.54, 1.807) is 0 Å². The zero-order valence-electron chi connectivity index (χ0n) is 12.3. The lowest BCUT2D eigenvalue weighted by atomic mass is 10.3. The molecule has 0 amide bonds. The van der Waals surface area contributed by atoms with Crippen molar-refractivity contribution in [3.8, 4) is 5.69 Å². The molecular formula is C18H14N5. The van der Waals surface area contributed by atoms with E-state index in [1.807, 2.05) is 65.2 Å². The van der Waals surface area contributed by atoms with Crippen molar-refractivity contribution in [1.29, 1.82) is 0 Å². The maximum absolute atomic E-state index is 6.09. The van der Waals surface area contributed by atoms with Gasteiger partial charge in [-0.1, -0.05) is 30.3 Å². The molecule has 0 aliphatic carbocycles. The number of rotatable bonds is 3. The summed E-state index contributed by atoms with van der Waals surface area (Å²) in [5.74, 6) is 1.33. The number of benzene rings is 2. The molecule has 2 heterocycles. The summed E-state index contributed by atoms with van der Waals surface area (Å²) in [4.78, 5) is 8.45. The maximum atomic E-state index is 6.09. The fourth-order valence-electron chi connectivity index (χ4n) is 2.61. The zero-order chi connectivity index (χ0) is 15.6. The van der Waals surface area contributed by atoms with Crippen molar-refractivity contribution >= 4 is 28.4 Å². The standard InChI is InChI=1S/C18H14N5/c19-18-17-15(20-12-21-18)11-16(22-13-7-3-1-4-8-13)23(17)14-9-5-2-6-10-14/h1,3-12,22H,(H2,19,20,21). The van der Waals surface area contributed by atoms with Crippen molar-refractivity contribution in [2.45, 2.75) is 0 Å². The molecule has 3 N–H and O–H groups in total. The second-order valence-corrected chi connectivity index (χ2v) is 5.11. The van der Waals surface area contributed by atoms with Crippen LogP contribution in [0, 0.1) is 6.07 Å². The predicted molar refractivity (Wildman–Crippen MR) is 91.8 cm³/mol. The van der Waals surface area contributed by atoms with Crippen LogP contribution >= 0.6 is 0 Å². The quantitative estimate of drug-likeness (QED) is 0.607. The van der Waals surface area contributed by atoms with Gasteiger partial charge in [-0.05, 0) is 30.3 Å². The number of anilines is 3. The number of nitrogens with one attached hydrogen (secondary N) is 1. The van der Waals surface area contributed by atoms with Crippen molar-refractivity contribution in [3.05, 3.63) is 73.1 Å². The molecule has 1 radical (unpaired) electrons. The zero-order valence-corrected chi connectivity index (χ0v) is 12.3. The third-order valence-corrected chi connectivity index (χ3v) is 3.62. The minimum absolute atomic E-state index is 0.448. The molecule has 0 atom stereocenters. The lowest BCUT2D eigenvalue weighted by Gasteiger charge is -2.13. The van der Waals surface area contributed by atoms with E-state index in [0.29, 0.717) is 5.82 Å². The van der Waals surface area contributed by atoms with E-state index in [-0.39, 0.29) is 0 Å². The lowest BCUT2D eigenvalue weighted by molar-refractivity contribution is 1.11. The van der Waals surface area contributed by atoms with Crippen LogP contribution in [0.2, 0.25) is 0 Å². The van der Waals surface area contributed by atoms with Gasteiger partial charge in [0.05, 0.1) is 5.52 Å². The number of hydrogen-bond acceptors (Lipinski definition) is 4. The monoisotopic (exact) mass is 300 g/mol. The van der Waals surface area contributed by atoms with Crippen molar-refractivity contribution < 1.29 is 0 Å². The summed E-state index contributed by atoms with van der Waals surface area (Å²) >= 11 is 0. The van der Waals surface area contributed by atoms with Gasteiger partial charge in [-0.3, -0.25) is 4.57 Å². The van der Waals surface area contributed by atoms with Crippen LogP contribution in [0.4, 0.5) is 17.3 Å². The Labute approximate surface area is 133 Å². The van der Waals surface area contributed by atoms with E-state index in [1.165, 1.54) is 6.33 Å². The van der Waals surface area contributed by atoms with E-state index >= 15 is 0 Å². The molecule has 5 heteroatoms. The first kappa shape index (κ1) is 13.3. The SMILES string of the molecule is Nc1ncnc2cc(Nc3ccccc3)n(-c3cc[c]cc3)c12. The number of nitrogens with zero attached hydrogens (tertiary/aromatic N) is 3.